The Morgan fingerprint density at radius 3 is 2.73 bits per heavy atom. The number of carbonyl (C=O) groups excluding carboxylic acids is 1. The number of amides is 2. The van der Waals surface area contributed by atoms with E-state index >= 15 is 0 Å². The van der Waals surface area contributed by atoms with Crippen LogP contribution in [0.4, 0.5) is 18.0 Å². The molecule has 0 saturated carbocycles. The van der Waals surface area contributed by atoms with Gasteiger partial charge in [-0.05, 0) is 13.3 Å². The van der Waals surface area contributed by atoms with Crippen LogP contribution in [-0.4, -0.2) is 40.1 Å². The number of nitrogens with zero attached hydrogens (tertiary/aromatic N) is 2. The second kappa shape index (κ2) is 5.75. The molecule has 2 amide bonds. The minimum Gasteiger partial charge on any atom is -0.481 e. The predicted molar refractivity (Wildman–Crippen MR) is 71.3 cm³/mol. The van der Waals surface area contributed by atoms with Crippen molar-refractivity contribution in [2.45, 2.75) is 26.1 Å². The first-order valence-electron chi connectivity index (χ1n) is 6.39. The number of alkyl halides is 3. The summed E-state index contributed by atoms with van der Waals surface area (Å²) in [5.41, 5.74) is -1.97. The lowest BCUT2D eigenvalue weighted by atomic mass is 9.90. The molecule has 0 aliphatic carbocycles. The van der Waals surface area contributed by atoms with Gasteiger partial charge in [-0.1, -0.05) is 0 Å². The quantitative estimate of drug-likeness (QED) is 0.885. The van der Waals surface area contributed by atoms with Crippen molar-refractivity contribution in [2.75, 3.05) is 13.1 Å². The lowest BCUT2D eigenvalue weighted by Crippen LogP contribution is -2.40. The van der Waals surface area contributed by atoms with Crippen molar-refractivity contribution in [2.24, 2.45) is 5.41 Å². The third-order valence-corrected chi connectivity index (χ3v) is 4.36. The van der Waals surface area contributed by atoms with E-state index in [1.54, 1.807) is 6.92 Å². The third kappa shape index (κ3) is 3.49. The van der Waals surface area contributed by atoms with Crippen LogP contribution in [0.2, 0.25) is 0 Å². The van der Waals surface area contributed by atoms with Crippen molar-refractivity contribution >= 4 is 23.3 Å². The Bertz CT molecular complexity index is 590. The van der Waals surface area contributed by atoms with E-state index in [0.717, 1.165) is 16.7 Å². The lowest BCUT2D eigenvalue weighted by Gasteiger charge is -2.20. The van der Waals surface area contributed by atoms with E-state index in [0.29, 0.717) is 13.0 Å². The SMILES string of the molecule is CC1(C(=O)O)CCN(C(=O)NCc2nc(C(F)(F)F)cs2)C1. The molecule has 10 heteroatoms. The summed E-state index contributed by atoms with van der Waals surface area (Å²) < 4.78 is 37.2. The number of halogens is 3. The molecule has 0 bridgehead atoms. The number of urea groups is 1. The van der Waals surface area contributed by atoms with Gasteiger partial charge in [0.2, 0.25) is 0 Å². The molecule has 22 heavy (non-hydrogen) atoms. The molecule has 0 spiro atoms. The summed E-state index contributed by atoms with van der Waals surface area (Å²) in [7, 11) is 0. The Hall–Kier alpha value is -1.84. The molecule has 6 nitrogen and oxygen atoms in total. The van der Waals surface area contributed by atoms with Gasteiger partial charge in [0, 0.05) is 18.5 Å². The molecule has 122 valence electrons. The number of rotatable bonds is 3. The van der Waals surface area contributed by atoms with Crippen molar-refractivity contribution in [3.05, 3.63) is 16.1 Å². The summed E-state index contributed by atoms with van der Waals surface area (Å²) >= 11 is 0.807. The number of carboxylic acids is 1. The normalized spacial score (nSPS) is 21.9. The van der Waals surface area contributed by atoms with E-state index in [2.05, 4.69) is 10.3 Å². The van der Waals surface area contributed by atoms with E-state index in [1.165, 1.54) is 4.90 Å². The van der Waals surface area contributed by atoms with E-state index in [4.69, 9.17) is 5.11 Å². The van der Waals surface area contributed by atoms with Crippen molar-refractivity contribution in [3.8, 4) is 0 Å². The predicted octanol–water partition coefficient (Wildman–Crippen LogP) is 2.17. The van der Waals surface area contributed by atoms with Gasteiger partial charge < -0.3 is 15.3 Å². The van der Waals surface area contributed by atoms with Gasteiger partial charge in [-0.3, -0.25) is 4.79 Å². The molecule has 1 unspecified atom stereocenters. The minimum atomic E-state index is -4.50. The minimum absolute atomic E-state index is 0.0693. The Balaban J connectivity index is 1.89. The van der Waals surface area contributed by atoms with Crippen LogP contribution in [-0.2, 0) is 17.5 Å². The van der Waals surface area contributed by atoms with Crippen molar-refractivity contribution in [3.63, 3.8) is 0 Å². The molecule has 1 saturated heterocycles. The summed E-state index contributed by atoms with van der Waals surface area (Å²) in [6.07, 6.45) is -4.16. The summed E-state index contributed by atoms with van der Waals surface area (Å²) in [6, 6.07) is -0.506. The molecule has 2 N–H and O–H groups in total. The monoisotopic (exact) mass is 337 g/mol. The van der Waals surface area contributed by atoms with Crippen LogP contribution in [0.15, 0.2) is 5.38 Å². The largest absolute Gasteiger partial charge is 0.481 e. The second-order valence-electron chi connectivity index (χ2n) is 5.32. The Labute approximate surface area is 127 Å². The van der Waals surface area contributed by atoms with Gasteiger partial charge in [-0.2, -0.15) is 13.2 Å². The summed E-state index contributed by atoms with van der Waals surface area (Å²) in [4.78, 5) is 27.7. The van der Waals surface area contributed by atoms with Crippen LogP contribution in [0.5, 0.6) is 0 Å². The van der Waals surface area contributed by atoms with Crippen LogP contribution in [0.3, 0.4) is 0 Å². The van der Waals surface area contributed by atoms with E-state index in [1.807, 2.05) is 0 Å². The second-order valence-corrected chi connectivity index (χ2v) is 6.26. The maximum Gasteiger partial charge on any atom is 0.434 e. The molecule has 1 aromatic rings. The highest BCUT2D eigenvalue weighted by molar-refractivity contribution is 7.09. The van der Waals surface area contributed by atoms with Gasteiger partial charge in [-0.25, -0.2) is 9.78 Å². The highest BCUT2D eigenvalue weighted by atomic mass is 32.1. The number of likely N-dealkylation sites (tertiary alicyclic amines) is 1. The zero-order valence-corrected chi connectivity index (χ0v) is 12.4. The molecule has 2 heterocycles. The molecule has 1 fully saturated rings. The number of hydrogen-bond donors (Lipinski definition) is 2. The first kappa shape index (κ1) is 16.5. The smallest absolute Gasteiger partial charge is 0.434 e. The van der Waals surface area contributed by atoms with E-state index < -0.39 is 29.3 Å². The summed E-state index contributed by atoms with van der Waals surface area (Å²) in [6.45, 7) is 1.79. The zero-order chi connectivity index (χ0) is 16.5. The van der Waals surface area contributed by atoms with Crippen LogP contribution in [0.25, 0.3) is 0 Å². The first-order valence-corrected chi connectivity index (χ1v) is 7.27. The van der Waals surface area contributed by atoms with E-state index in [-0.39, 0.29) is 18.1 Å². The number of nitrogens with one attached hydrogen (secondary N) is 1. The maximum atomic E-state index is 12.4. The number of carboxylic acid groups (broad SMARTS) is 1. The molecule has 1 atom stereocenters. The lowest BCUT2D eigenvalue weighted by molar-refractivity contribution is -0.147. The highest BCUT2D eigenvalue weighted by Gasteiger charge is 2.42. The van der Waals surface area contributed by atoms with Gasteiger partial charge in [-0.15, -0.1) is 11.3 Å². The van der Waals surface area contributed by atoms with Gasteiger partial charge in [0.15, 0.2) is 5.69 Å². The third-order valence-electron chi connectivity index (χ3n) is 3.51. The van der Waals surface area contributed by atoms with Crippen molar-refractivity contribution in [1.29, 1.82) is 0 Å². The van der Waals surface area contributed by atoms with E-state index in [9.17, 15) is 22.8 Å². The Morgan fingerprint density at radius 1 is 1.55 bits per heavy atom. The summed E-state index contributed by atoms with van der Waals surface area (Å²) in [5.74, 6) is -0.974. The van der Waals surface area contributed by atoms with Crippen molar-refractivity contribution < 1.29 is 27.9 Å². The molecule has 1 aliphatic rings. The Morgan fingerprint density at radius 2 is 2.23 bits per heavy atom. The fourth-order valence-corrected chi connectivity index (χ4v) is 2.83. The van der Waals surface area contributed by atoms with Gasteiger partial charge in [0.25, 0.3) is 0 Å². The number of aromatic nitrogens is 1. The van der Waals surface area contributed by atoms with Gasteiger partial charge >= 0.3 is 18.2 Å². The zero-order valence-electron chi connectivity index (χ0n) is 11.6. The molecule has 1 aliphatic heterocycles. The average Bonchev–Trinajstić information content (AvgIpc) is 3.03. The highest BCUT2D eigenvalue weighted by Crippen LogP contribution is 2.31. The first-order chi connectivity index (χ1) is 10.1. The van der Waals surface area contributed by atoms with Gasteiger partial charge in [0.05, 0.1) is 12.0 Å². The molecular formula is C12H14F3N3O3S. The molecule has 0 radical (unpaired) electrons. The van der Waals surface area contributed by atoms with Crippen LogP contribution in [0, 0.1) is 5.41 Å². The fraction of sp³-hybridized carbons (Fsp3) is 0.583. The number of hydrogen-bond acceptors (Lipinski definition) is 4. The molecule has 1 aromatic heterocycles. The number of thiazole rings is 1. The van der Waals surface area contributed by atoms with Gasteiger partial charge in [0.1, 0.15) is 5.01 Å². The number of aliphatic carboxylic acids is 1. The molecule has 2 rings (SSSR count). The van der Waals surface area contributed by atoms with Crippen molar-refractivity contribution in [1.82, 2.24) is 15.2 Å². The number of carbonyl (C=O) groups is 2. The average molecular weight is 337 g/mol. The van der Waals surface area contributed by atoms with Crippen LogP contribution < -0.4 is 5.32 Å². The topological polar surface area (TPSA) is 82.5 Å². The van der Waals surface area contributed by atoms with Crippen LogP contribution >= 0.6 is 11.3 Å². The maximum absolute atomic E-state index is 12.4. The summed E-state index contributed by atoms with van der Waals surface area (Å²) in [5, 5.41) is 12.6. The molecule has 0 aromatic carbocycles. The Kier molecular flexibility index (Phi) is 4.32. The standard InChI is InChI=1S/C12H14F3N3O3S/c1-11(9(19)20)2-3-18(6-11)10(21)16-4-8-17-7(5-22-8)12(13,14)15/h5H,2-4,6H2,1H3,(H,16,21)(H,19,20). The van der Waals surface area contributed by atoms with Crippen LogP contribution in [0.1, 0.15) is 24.0 Å². The molecular weight excluding hydrogens is 323 g/mol. The fourth-order valence-electron chi connectivity index (χ4n) is 2.09.